The molecular formula is C21H31N3O2. The normalized spacial score (nSPS) is 14.8. The lowest BCUT2D eigenvalue weighted by atomic mass is 10.00. The first-order valence-corrected chi connectivity index (χ1v) is 9.51. The first kappa shape index (κ1) is 20.0. The minimum Gasteiger partial charge on any atom is -0.469 e. The van der Waals surface area contributed by atoms with Gasteiger partial charge in [-0.2, -0.15) is 0 Å². The van der Waals surface area contributed by atoms with Crippen molar-refractivity contribution < 1.29 is 9.53 Å². The number of guanidine groups is 1. The van der Waals surface area contributed by atoms with E-state index in [4.69, 9.17) is 0 Å². The van der Waals surface area contributed by atoms with Crippen LogP contribution in [0.2, 0.25) is 0 Å². The average molecular weight is 357 g/mol. The summed E-state index contributed by atoms with van der Waals surface area (Å²) in [7, 11) is 3.28. The third-order valence-corrected chi connectivity index (χ3v) is 4.68. The molecule has 1 N–H and O–H groups in total. The lowest BCUT2D eigenvalue weighted by Gasteiger charge is -2.29. The summed E-state index contributed by atoms with van der Waals surface area (Å²) in [6.07, 6.45) is 8.02. The number of hydrogen-bond donors (Lipinski definition) is 1. The van der Waals surface area contributed by atoms with E-state index in [1.165, 1.54) is 18.2 Å². The Balaban J connectivity index is 1.67. The molecule has 0 spiro atoms. The maximum atomic E-state index is 11.1. The third kappa shape index (κ3) is 6.54. The summed E-state index contributed by atoms with van der Waals surface area (Å²) in [6.45, 7) is 2.79. The zero-order chi connectivity index (χ0) is 18.6. The molecule has 0 saturated carbocycles. The fourth-order valence-corrected chi connectivity index (χ4v) is 3.16. The third-order valence-electron chi connectivity index (χ3n) is 4.68. The number of unbranched alkanes of at least 4 members (excludes halogenated alkanes) is 3. The van der Waals surface area contributed by atoms with Crippen LogP contribution in [-0.4, -0.2) is 50.6 Å². The smallest absolute Gasteiger partial charge is 0.305 e. The van der Waals surface area contributed by atoms with Crippen molar-refractivity contribution in [2.24, 2.45) is 4.99 Å². The number of carbonyl (C=O) groups excluding carboxylic acids is 1. The topological polar surface area (TPSA) is 53.9 Å². The molecule has 2 rings (SSSR count). The summed E-state index contributed by atoms with van der Waals surface area (Å²) in [4.78, 5) is 17.8. The molecule has 1 heterocycles. The second-order valence-corrected chi connectivity index (χ2v) is 6.51. The Morgan fingerprint density at radius 1 is 1.19 bits per heavy atom. The Labute approximate surface area is 157 Å². The zero-order valence-corrected chi connectivity index (χ0v) is 16.0. The molecule has 5 nitrogen and oxygen atoms in total. The fraction of sp³-hybridized carbons (Fsp3) is 0.524. The van der Waals surface area contributed by atoms with Crippen molar-refractivity contribution in [3.8, 4) is 0 Å². The van der Waals surface area contributed by atoms with Crippen LogP contribution in [-0.2, 0) is 9.53 Å². The van der Waals surface area contributed by atoms with E-state index in [0.29, 0.717) is 6.42 Å². The molecule has 1 aliphatic rings. The SMILES string of the molecule is CN=C(NCCCCCCC(=O)OC)N1CC=C(c2ccccc2)CC1. The summed E-state index contributed by atoms with van der Waals surface area (Å²) in [5.41, 5.74) is 2.74. The van der Waals surface area contributed by atoms with Crippen LogP contribution in [0.15, 0.2) is 41.4 Å². The Kier molecular flexibility index (Phi) is 8.73. The molecule has 0 radical (unpaired) electrons. The van der Waals surface area contributed by atoms with Crippen molar-refractivity contribution in [2.75, 3.05) is 33.8 Å². The lowest BCUT2D eigenvalue weighted by Crippen LogP contribution is -2.43. The van der Waals surface area contributed by atoms with Crippen molar-refractivity contribution in [2.45, 2.75) is 38.5 Å². The maximum Gasteiger partial charge on any atom is 0.305 e. The van der Waals surface area contributed by atoms with Gasteiger partial charge in [-0.15, -0.1) is 0 Å². The van der Waals surface area contributed by atoms with Gasteiger partial charge in [0.1, 0.15) is 0 Å². The van der Waals surface area contributed by atoms with E-state index in [2.05, 4.69) is 56.4 Å². The molecular weight excluding hydrogens is 326 g/mol. The van der Waals surface area contributed by atoms with Crippen molar-refractivity contribution in [3.05, 3.63) is 42.0 Å². The number of carbonyl (C=O) groups is 1. The lowest BCUT2D eigenvalue weighted by molar-refractivity contribution is -0.140. The Morgan fingerprint density at radius 2 is 1.96 bits per heavy atom. The highest BCUT2D eigenvalue weighted by Gasteiger charge is 2.15. The Bertz CT molecular complexity index is 611. The van der Waals surface area contributed by atoms with Gasteiger partial charge in [0.05, 0.1) is 7.11 Å². The molecule has 0 fully saturated rings. The maximum absolute atomic E-state index is 11.1. The van der Waals surface area contributed by atoms with Crippen LogP contribution in [0.3, 0.4) is 0 Å². The second kappa shape index (κ2) is 11.3. The van der Waals surface area contributed by atoms with Gasteiger partial charge in [-0.25, -0.2) is 0 Å². The van der Waals surface area contributed by atoms with E-state index in [-0.39, 0.29) is 5.97 Å². The summed E-state index contributed by atoms with van der Waals surface area (Å²) < 4.78 is 4.65. The fourth-order valence-electron chi connectivity index (χ4n) is 3.16. The standard InChI is InChI=1S/C21H31N3O2/c1-22-21(23-15-9-4-3-8-12-20(25)26-2)24-16-13-19(14-17-24)18-10-6-5-7-11-18/h5-7,10-11,13H,3-4,8-9,12,14-17H2,1-2H3,(H,22,23). The van der Waals surface area contributed by atoms with E-state index in [9.17, 15) is 4.79 Å². The Hall–Kier alpha value is -2.30. The highest BCUT2D eigenvalue weighted by atomic mass is 16.5. The molecule has 1 aromatic carbocycles. The minimum absolute atomic E-state index is 0.114. The highest BCUT2D eigenvalue weighted by Crippen LogP contribution is 2.21. The summed E-state index contributed by atoms with van der Waals surface area (Å²) in [6, 6.07) is 10.6. The van der Waals surface area contributed by atoms with Gasteiger partial charge in [0.25, 0.3) is 0 Å². The molecule has 1 aromatic rings. The van der Waals surface area contributed by atoms with Gasteiger partial charge in [-0.05, 0) is 30.4 Å². The highest BCUT2D eigenvalue weighted by molar-refractivity contribution is 5.81. The van der Waals surface area contributed by atoms with Gasteiger partial charge in [0.15, 0.2) is 5.96 Å². The number of esters is 1. The predicted octanol–water partition coefficient (Wildman–Crippen LogP) is 3.47. The summed E-state index contributed by atoms with van der Waals surface area (Å²) in [5.74, 6) is 0.861. The predicted molar refractivity (Wildman–Crippen MR) is 107 cm³/mol. The van der Waals surface area contributed by atoms with Crippen LogP contribution in [0.4, 0.5) is 0 Å². The number of ether oxygens (including phenoxy) is 1. The van der Waals surface area contributed by atoms with Crippen molar-refractivity contribution >= 4 is 17.5 Å². The van der Waals surface area contributed by atoms with Gasteiger partial charge in [-0.1, -0.05) is 49.2 Å². The van der Waals surface area contributed by atoms with Gasteiger partial charge in [-0.3, -0.25) is 9.79 Å². The summed E-state index contributed by atoms with van der Waals surface area (Å²) >= 11 is 0. The number of methoxy groups -OCH3 is 1. The average Bonchev–Trinajstić information content (AvgIpc) is 2.71. The molecule has 0 saturated heterocycles. The Morgan fingerprint density at radius 3 is 2.62 bits per heavy atom. The first-order valence-electron chi connectivity index (χ1n) is 9.51. The molecule has 0 amide bonds. The van der Waals surface area contributed by atoms with Gasteiger partial charge < -0.3 is 15.0 Å². The van der Waals surface area contributed by atoms with Gasteiger partial charge in [0, 0.05) is 33.1 Å². The molecule has 0 bridgehead atoms. The zero-order valence-electron chi connectivity index (χ0n) is 16.0. The van der Waals surface area contributed by atoms with E-state index in [1.807, 2.05) is 7.05 Å². The molecule has 5 heteroatoms. The number of benzene rings is 1. The van der Waals surface area contributed by atoms with Crippen LogP contribution in [0, 0.1) is 0 Å². The van der Waals surface area contributed by atoms with Crippen molar-refractivity contribution in [1.29, 1.82) is 0 Å². The number of nitrogens with one attached hydrogen (secondary N) is 1. The number of rotatable bonds is 8. The van der Waals surface area contributed by atoms with Crippen LogP contribution in [0.1, 0.15) is 44.1 Å². The van der Waals surface area contributed by atoms with Gasteiger partial charge >= 0.3 is 5.97 Å². The van der Waals surface area contributed by atoms with E-state index >= 15 is 0 Å². The van der Waals surface area contributed by atoms with Crippen LogP contribution >= 0.6 is 0 Å². The molecule has 0 unspecified atom stereocenters. The second-order valence-electron chi connectivity index (χ2n) is 6.51. The first-order chi connectivity index (χ1) is 12.7. The molecule has 0 aliphatic carbocycles. The molecule has 1 aliphatic heterocycles. The van der Waals surface area contributed by atoms with E-state index in [0.717, 1.165) is 57.7 Å². The van der Waals surface area contributed by atoms with Crippen LogP contribution in [0.25, 0.3) is 5.57 Å². The van der Waals surface area contributed by atoms with Crippen molar-refractivity contribution in [1.82, 2.24) is 10.2 Å². The number of aliphatic imine (C=N–C) groups is 1. The van der Waals surface area contributed by atoms with E-state index < -0.39 is 0 Å². The molecule has 142 valence electrons. The molecule has 26 heavy (non-hydrogen) atoms. The van der Waals surface area contributed by atoms with Crippen LogP contribution < -0.4 is 5.32 Å². The number of nitrogens with zero attached hydrogens (tertiary/aromatic N) is 2. The largest absolute Gasteiger partial charge is 0.469 e. The van der Waals surface area contributed by atoms with Gasteiger partial charge in [0.2, 0.25) is 0 Å². The quantitative estimate of drug-likeness (QED) is 0.335. The monoisotopic (exact) mass is 357 g/mol. The number of hydrogen-bond acceptors (Lipinski definition) is 3. The van der Waals surface area contributed by atoms with Crippen molar-refractivity contribution in [3.63, 3.8) is 0 Å². The van der Waals surface area contributed by atoms with Crippen LogP contribution in [0.5, 0.6) is 0 Å². The molecule has 0 aromatic heterocycles. The minimum atomic E-state index is -0.114. The molecule has 0 atom stereocenters. The summed E-state index contributed by atoms with van der Waals surface area (Å²) in [5, 5.41) is 3.46. The van der Waals surface area contributed by atoms with E-state index in [1.54, 1.807) is 0 Å².